The zero-order valence-electron chi connectivity index (χ0n) is 11.3. The summed E-state index contributed by atoms with van der Waals surface area (Å²) in [5, 5.41) is 7.45. The van der Waals surface area contributed by atoms with Gasteiger partial charge in [-0.3, -0.25) is 5.41 Å². The SMILES string of the molecule is COc1cc(COc2cccc(Cl)c2F)ccc1C(=N)N. The molecule has 0 radical (unpaired) electrons. The van der Waals surface area contributed by atoms with Crippen molar-refractivity contribution in [2.24, 2.45) is 5.73 Å². The standard InChI is InChI=1S/C15H14ClFN2O2/c1-20-13-7-9(5-6-10(13)15(18)19)8-21-12-4-2-3-11(16)14(12)17/h2-7H,8H2,1H3,(H3,18,19). The molecule has 0 aromatic heterocycles. The van der Waals surface area contributed by atoms with Crippen molar-refractivity contribution in [1.82, 2.24) is 0 Å². The van der Waals surface area contributed by atoms with Gasteiger partial charge in [0.15, 0.2) is 11.6 Å². The van der Waals surface area contributed by atoms with Crippen LogP contribution in [0.25, 0.3) is 0 Å². The molecule has 0 amide bonds. The molecule has 0 saturated carbocycles. The van der Waals surface area contributed by atoms with Crippen LogP contribution in [0.5, 0.6) is 11.5 Å². The first kappa shape index (κ1) is 15.1. The van der Waals surface area contributed by atoms with Crippen molar-refractivity contribution in [1.29, 1.82) is 5.41 Å². The first-order chi connectivity index (χ1) is 10.0. The summed E-state index contributed by atoms with van der Waals surface area (Å²) in [5.74, 6) is -0.126. The molecule has 0 saturated heterocycles. The first-order valence-corrected chi connectivity index (χ1v) is 6.49. The minimum Gasteiger partial charge on any atom is -0.496 e. The molecule has 0 unspecified atom stereocenters. The number of nitrogen functional groups attached to an aromatic ring is 1. The van der Waals surface area contributed by atoms with E-state index in [2.05, 4.69) is 0 Å². The second-order valence-electron chi connectivity index (χ2n) is 4.29. The van der Waals surface area contributed by atoms with Crippen LogP contribution in [0.4, 0.5) is 4.39 Å². The number of ether oxygens (including phenoxy) is 2. The maximum absolute atomic E-state index is 13.7. The number of halogens is 2. The smallest absolute Gasteiger partial charge is 0.183 e. The van der Waals surface area contributed by atoms with Crippen molar-refractivity contribution in [3.8, 4) is 11.5 Å². The highest BCUT2D eigenvalue weighted by atomic mass is 35.5. The molecular weight excluding hydrogens is 295 g/mol. The lowest BCUT2D eigenvalue weighted by atomic mass is 10.1. The Morgan fingerprint density at radius 3 is 2.71 bits per heavy atom. The van der Waals surface area contributed by atoms with Crippen molar-refractivity contribution in [3.63, 3.8) is 0 Å². The molecule has 0 fully saturated rings. The Balaban J connectivity index is 2.17. The third-order valence-corrected chi connectivity index (χ3v) is 3.16. The van der Waals surface area contributed by atoms with Crippen LogP contribution in [0.15, 0.2) is 36.4 Å². The van der Waals surface area contributed by atoms with Gasteiger partial charge >= 0.3 is 0 Å². The van der Waals surface area contributed by atoms with Crippen molar-refractivity contribution < 1.29 is 13.9 Å². The van der Waals surface area contributed by atoms with Crippen LogP contribution < -0.4 is 15.2 Å². The maximum Gasteiger partial charge on any atom is 0.183 e. The number of methoxy groups -OCH3 is 1. The lowest BCUT2D eigenvalue weighted by Crippen LogP contribution is -2.12. The maximum atomic E-state index is 13.7. The molecule has 110 valence electrons. The Hall–Kier alpha value is -2.27. The summed E-state index contributed by atoms with van der Waals surface area (Å²) in [7, 11) is 1.49. The van der Waals surface area contributed by atoms with Crippen molar-refractivity contribution >= 4 is 17.4 Å². The molecule has 0 bridgehead atoms. The van der Waals surface area contributed by atoms with E-state index in [0.29, 0.717) is 11.3 Å². The van der Waals surface area contributed by atoms with E-state index >= 15 is 0 Å². The van der Waals surface area contributed by atoms with E-state index in [0.717, 1.165) is 5.56 Å². The van der Waals surface area contributed by atoms with Crippen molar-refractivity contribution in [2.75, 3.05) is 7.11 Å². The van der Waals surface area contributed by atoms with Crippen LogP contribution in [0.2, 0.25) is 5.02 Å². The molecule has 0 atom stereocenters. The second kappa shape index (κ2) is 6.45. The second-order valence-corrected chi connectivity index (χ2v) is 4.70. The number of hydrogen-bond donors (Lipinski definition) is 2. The van der Waals surface area contributed by atoms with E-state index in [1.54, 1.807) is 24.3 Å². The highest BCUT2D eigenvalue weighted by Crippen LogP contribution is 2.26. The molecule has 4 nitrogen and oxygen atoms in total. The normalized spacial score (nSPS) is 10.2. The Morgan fingerprint density at radius 2 is 2.05 bits per heavy atom. The lowest BCUT2D eigenvalue weighted by Gasteiger charge is -2.11. The third kappa shape index (κ3) is 3.44. The van der Waals surface area contributed by atoms with E-state index in [4.69, 9.17) is 32.2 Å². The van der Waals surface area contributed by atoms with Crippen LogP contribution in [-0.4, -0.2) is 12.9 Å². The molecule has 3 N–H and O–H groups in total. The van der Waals surface area contributed by atoms with E-state index in [9.17, 15) is 4.39 Å². The summed E-state index contributed by atoms with van der Waals surface area (Å²) in [5.41, 5.74) is 6.71. The van der Waals surface area contributed by atoms with Gasteiger partial charge < -0.3 is 15.2 Å². The van der Waals surface area contributed by atoms with Gasteiger partial charge in [-0.15, -0.1) is 0 Å². The summed E-state index contributed by atoms with van der Waals surface area (Å²) < 4.78 is 24.3. The summed E-state index contributed by atoms with van der Waals surface area (Å²) in [4.78, 5) is 0. The van der Waals surface area contributed by atoms with Gasteiger partial charge in [0.05, 0.1) is 17.7 Å². The molecular formula is C15H14ClFN2O2. The van der Waals surface area contributed by atoms with E-state index < -0.39 is 5.82 Å². The van der Waals surface area contributed by atoms with Gasteiger partial charge in [0.25, 0.3) is 0 Å². The molecule has 21 heavy (non-hydrogen) atoms. The van der Waals surface area contributed by atoms with Crippen LogP contribution in [0, 0.1) is 11.2 Å². The van der Waals surface area contributed by atoms with Crippen molar-refractivity contribution in [3.05, 3.63) is 58.4 Å². The van der Waals surface area contributed by atoms with Gasteiger partial charge in [-0.1, -0.05) is 23.7 Å². The molecule has 0 aliphatic heterocycles. The number of benzene rings is 2. The Bertz CT molecular complexity index is 677. The molecule has 2 rings (SSSR count). The van der Waals surface area contributed by atoms with Gasteiger partial charge in [0, 0.05) is 0 Å². The summed E-state index contributed by atoms with van der Waals surface area (Å²) in [6.45, 7) is 0.145. The molecule has 0 aliphatic rings. The highest BCUT2D eigenvalue weighted by molar-refractivity contribution is 6.30. The van der Waals surface area contributed by atoms with E-state index in [1.165, 1.54) is 19.2 Å². The Kier molecular flexibility index (Phi) is 4.65. The monoisotopic (exact) mass is 308 g/mol. The Morgan fingerprint density at radius 1 is 1.29 bits per heavy atom. The molecule has 6 heteroatoms. The predicted octanol–water partition coefficient (Wildman–Crippen LogP) is 3.35. The summed E-state index contributed by atoms with van der Waals surface area (Å²) in [6, 6.07) is 9.66. The molecule has 0 spiro atoms. The zero-order chi connectivity index (χ0) is 15.4. The molecule has 2 aromatic carbocycles. The summed E-state index contributed by atoms with van der Waals surface area (Å²) in [6.07, 6.45) is 0. The fraction of sp³-hybridized carbons (Fsp3) is 0.133. The van der Waals surface area contributed by atoms with Gasteiger partial charge in [-0.25, -0.2) is 4.39 Å². The number of nitrogens with one attached hydrogen (secondary N) is 1. The lowest BCUT2D eigenvalue weighted by molar-refractivity contribution is 0.289. The van der Waals surface area contributed by atoms with E-state index in [1.807, 2.05) is 0 Å². The van der Waals surface area contributed by atoms with E-state index in [-0.39, 0.29) is 23.2 Å². The van der Waals surface area contributed by atoms with Crippen LogP contribution >= 0.6 is 11.6 Å². The topological polar surface area (TPSA) is 68.3 Å². The molecule has 0 heterocycles. The van der Waals surface area contributed by atoms with Crippen LogP contribution in [0.1, 0.15) is 11.1 Å². The van der Waals surface area contributed by atoms with Gasteiger partial charge in [-0.2, -0.15) is 0 Å². The average molecular weight is 309 g/mol. The number of rotatable bonds is 5. The van der Waals surface area contributed by atoms with Crippen LogP contribution in [-0.2, 0) is 6.61 Å². The fourth-order valence-electron chi connectivity index (χ4n) is 1.80. The largest absolute Gasteiger partial charge is 0.496 e. The predicted molar refractivity (Wildman–Crippen MR) is 79.8 cm³/mol. The number of amidine groups is 1. The minimum atomic E-state index is -0.591. The number of nitrogens with two attached hydrogens (primary N) is 1. The third-order valence-electron chi connectivity index (χ3n) is 2.87. The summed E-state index contributed by atoms with van der Waals surface area (Å²) >= 11 is 5.69. The highest BCUT2D eigenvalue weighted by Gasteiger charge is 2.10. The minimum absolute atomic E-state index is 0.0111. The number of hydrogen-bond acceptors (Lipinski definition) is 3. The van der Waals surface area contributed by atoms with Crippen LogP contribution in [0.3, 0.4) is 0 Å². The average Bonchev–Trinajstić information content (AvgIpc) is 2.48. The van der Waals surface area contributed by atoms with Gasteiger partial charge in [0.2, 0.25) is 0 Å². The fourth-order valence-corrected chi connectivity index (χ4v) is 1.97. The van der Waals surface area contributed by atoms with Gasteiger partial charge in [0.1, 0.15) is 18.2 Å². The van der Waals surface area contributed by atoms with Gasteiger partial charge in [-0.05, 0) is 29.8 Å². The molecule has 0 aliphatic carbocycles. The van der Waals surface area contributed by atoms with Crippen molar-refractivity contribution in [2.45, 2.75) is 6.61 Å². The quantitative estimate of drug-likeness (QED) is 0.657. The zero-order valence-corrected chi connectivity index (χ0v) is 12.1. The molecule has 2 aromatic rings. The Labute approximate surface area is 126 Å². The first-order valence-electron chi connectivity index (χ1n) is 6.11.